The third-order valence-electron chi connectivity index (χ3n) is 3.09. The maximum Gasteiger partial charge on any atom is 0.123 e. The molecule has 2 aromatic rings. The molecule has 0 saturated heterocycles. The van der Waals surface area contributed by atoms with Crippen molar-refractivity contribution in [1.29, 1.82) is 0 Å². The molecule has 0 atom stereocenters. The number of hydrogen-bond acceptors (Lipinski definition) is 1. The van der Waals surface area contributed by atoms with Crippen molar-refractivity contribution >= 4 is 0 Å². The van der Waals surface area contributed by atoms with Crippen molar-refractivity contribution in [2.45, 2.75) is 26.8 Å². The first-order valence-corrected chi connectivity index (χ1v) is 6.66. The number of hydrogen-bond donors (Lipinski definition) is 1. The van der Waals surface area contributed by atoms with Gasteiger partial charge in [-0.15, -0.1) is 0 Å². The van der Waals surface area contributed by atoms with Crippen molar-refractivity contribution in [3.8, 4) is 0 Å². The summed E-state index contributed by atoms with van der Waals surface area (Å²) in [5.74, 6) is -0.160. The highest BCUT2D eigenvalue weighted by Gasteiger charge is 1.98. The van der Waals surface area contributed by atoms with Gasteiger partial charge in [-0.1, -0.05) is 41.5 Å². The number of rotatable bonds is 5. The Labute approximate surface area is 114 Å². The van der Waals surface area contributed by atoms with E-state index in [0.29, 0.717) is 0 Å². The van der Waals surface area contributed by atoms with Gasteiger partial charge in [-0.3, -0.25) is 0 Å². The Kier molecular flexibility index (Phi) is 4.69. The molecule has 0 bridgehead atoms. The van der Waals surface area contributed by atoms with Gasteiger partial charge in [0.15, 0.2) is 0 Å². The van der Waals surface area contributed by atoms with Crippen molar-refractivity contribution in [2.24, 2.45) is 0 Å². The third kappa shape index (κ3) is 4.49. The molecule has 2 aromatic carbocycles. The van der Waals surface area contributed by atoms with Gasteiger partial charge in [0, 0.05) is 6.54 Å². The van der Waals surface area contributed by atoms with E-state index in [2.05, 4.69) is 37.4 Å². The van der Waals surface area contributed by atoms with Gasteiger partial charge in [0.1, 0.15) is 5.82 Å². The highest BCUT2D eigenvalue weighted by Crippen LogP contribution is 2.08. The van der Waals surface area contributed by atoms with Crippen LogP contribution in [0.15, 0.2) is 42.5 Å². The topological polar surface area (TPSA) is 12.0 Å². The molecule has 1 nitrogen and oxygen atoms in total. The Morgan fingerprint density at radius 3 is 2.37 bits per heavy atom. The number of benzene rings is 2. The van der Waals surface area contributed by atoms with Crippen LogP contribution >= 0.6 is 0 Å². The predicted molar refractivity (Wildman–Crippen MR) is 77.7 cm³/mol. The van der Waals surface area contributed by atoms with Gasteiger partial charge in [0.25, 0.3) is 0 Å². The van der Waals surface area contributed by atoms with Gasteiger partial charge in [-0.25, -0.2) is 4.39 Å². The fourth-order valence-electron chi connectivity index (χ4n) is 2.33. The lowest BCUT2D eigenvalue weighted by Crippen LogP contribution is -2.16. The van der Waals surface area contributed by atoms with E-state index in [-0.39, 0.29) is 5.82 Å². The Morgan fingerprint density at radius 2 is 1.68 bits per heavy atom. The summed E-state index contributed by atoms with van der Waals surface area (Å²) in [7, 11) is 0. The Bertz CT molecular complexity index is 528. The maximum atomic E-state index is 13.0. The van der Waals surface area contributed by atoms with Gasteiger partial charge in [-0.05, 0) is 50.1 Å². The minimum absolute atomic E-state index is 0.160. The van der Waals surface area contributed by atoms with E-state index in [1.54, 1.807) is 12.1 Å². The molecule has 0 aliphatic carbocycles. The lowest BCUT2D eigenvalue weighted by Gasteiger charge is -2.07. The first-order valence-electron chi connectivity index (χ1n) is 6.66. The summed E-state index contributed by atoms with van der Waals surface area (Å²) in [6.45, 7) is 5.95. The first-order chi connectivity index (χ1) is 9.13. The lowest BCUT2D eigenvalue weighted by atomic mass is 10.1. The van der Waals surface area contributed by atoms with Crippen molar-refractivity contribution < 1.29 is 4.39 Å². The van der Waals surface area contributed by atoms with E-state index in [4.69, 9.17) is 0 Å². The normalized spacial score (nSPS) is 10.7. The van der Waals surface area contributed by atoms with Gasteiger partial charge in [0.2, 0.25) is 0 Å². The fraction of sp³-hybridized carbons (Fsp3) is 0.294. The van der Waals surface area contributed by atoms with Crippen LogP contribution in [-0.4, -0.2) is 6.54 Å². The van der Waals surface area contributed by atoms with Gasteiger partial charge >= 0.3 is 0 Å². The first kappa shape index (κ1) is 13.8. The number of halogens is 1. The second kappa shape index (κ2) is 6.48. The van der Waals surface area contributed by atoms with Gasteiger partial charge in [-0.2, -0.15) is 0 Å². The van der Waals surface area contributed by atoms with Crippen LogP contribution < -0.4 is 5.32 Å². The SMILES string of the molecule is Cc1cc(C)cc(CNCCc2cccc(F)c2)c1. The zero-order valence-corrected chi connectivity index (χ0v) is 11.5. The molecule has 19 heavy (non-hydrogen) atoms. The summed E-state index contributed by atoms with van der Waals surface area (Å²) >= 11 is 0. The highest BCUT2D eigenvalue weighted by molar-refractivity contribution is 5.28. The smallest absolute Gasteiger partial charge is 0.123 e. The largest absolute Gasteiger partial charge is 0.312 e. The summed E-state index contributed by atoms with van der Waals surface area (Å²) in [5, 5.41) is 3.40. The van der Waals surface area contributed by atoms with Crippen LogP contribution in [0, 0.1) is 19.7 Å². The van der Waals surface area contributed by atoms with Crippen LogP contribution in [0.5, 0.6) is 0 Å². The van der Waals surface area contributed by atoms with Gasteiger partial charge in [0.05, 0.1) is 0 Å². The van der Waals surface area contributed by atoms with Crippen LogP contribution in [0.2, 0.25) is 0 Å². The Hall–Kier alpha value is -1.67. The van der Waals surface area contributed by atoms with Crippen molar-refractivity contribution in [1.82, 2.24) is 5.32 Å². The highest BCUT2D eigenvalue weighted by atomic mass is 19.1. The summed E-state index contributed by atoms with van der Waals surface area (Å²) in [4.78, 5) is 0. The van der Waals surface area contributed by atoms with Crippen molar-refractivity contribution in [3.63, 3.8) is 0 Å². The van der Waals surface area contributed by atoms with E-state index in [1.165, 1.54) is 22.8 Å². The van der Waals surface area contributed by atoms with Crippen molar-refractivity contribution in [3.05, 3.63) is 70.5 Å². The van der Waals surface area contributed by atoms with E-state index < -0.39 is 0 Å². The molecule has 0 aromatic heterocycles. The molecule has 1 N–H and O–H groups in total. The molecule has 0 fully saturated rings. The molecule has 0 unspecified atom stereocenters. The molecule has 2 heteroatoms. The van der Waals surface area contributed by atoms with E-state index in [1.807, 2.05) is 6.07 Å². The minimum Gasteiger partial charge on any atom is -0.312 e. The monoisotopic (exact) mass is 257 g/mol. The standard InChI is InChI=1S/C17H20FN/c1-13-8-14(2)10-16(9-13)12-19-7-6-15-4-3-5-17(18)11-15/h3-5,8-11,19H,6-7,12H2,1-2H3. The average molecular weight is 257 g/mol. The zero-order valence-electron chi connectivity index (χ0n) is 11.5. The molecular formula is C17H20FN. The maximum absolute atomic E-state index is 13.0. The van der Waals surface area contributed by atoms with Crippen LogP contribution in [0.4, 0.5) is 4.39 Å². The van der Waals surface area contributed by atoms with Gasteiger partial charge < -0.3 is 5.32 Å². The molecule has 100 valence electrons. The second-order valence-electron chi connectivity index (χ2n) is 5.05. The lowest BCUT2D eigenvalue weighted by molar-refractivity contribution is 0.622. The summed E-state index contributed by atoms with van der Waals surface area (Å²) in [5.41, 5.74) is 4.92. The molecule has 0 heterocycles. The van der Waals surface area contributed by atoms with Crippen LogP contribution in [0.25, 0.3) is 0 Å². The second-order valence-corrected chi connectivity index (χ2v) is 5.05. The Morgan fingerprint density at radius 1 is 0.947 bits per heavy atom. The minimum atomic E-state index is -0.160. The number of nitrogens with one attached hydrogen (secondary N) is 1. The molecule has 2 rings (SSSR count). The molecule has 0 spiro atoms. The van der Waals surface area contributed by atoms with Crippen LogP contribution in [-0.2, 0) is 13.0 Å². The van der Waals surface area contributed by atoms with E-state index in [0.717, 1.165) is 25.1 Å². The Balaban J connectivity index is 1.80. The van der Waals surface area contributed by atoms with Crippen LogP contribution in [0.3, 0.4) is 0 Å². The molecule has 0 aliphatic heterocycles. The molecule has 0 aliphatic rings. The molecule has 0 amide bonds. The number of aryl methyl sites for hydroxylation is 2. The van der Waals surface area contributed by atoms with Crippen LogP contribution in [0.1, 0.15) is 22.3 Å². The zero-order chi connectivity index (χ0) is 13.7. The van der Waals surface area contributed by atoms with Crippen molar-refractivity contribution in [2.75, 3.05) is 6.54 Å². The molecule has 0 radical (unpaired) electrons. The van der Waals surface area contributed by atoms with E-state index >= 15 is 0 Å². The third-order valence-corrected chi connectivity index (χ3v) is 3.09. The molecule has 0 saturated carbocycles. The van der Waals surface area contributed by atoms with E-state index in [9.17, 15) is 4.39 Å². The summed E-state index contributed by atoms with van der Waals surface area (Å²) < 4.78 is 13.0. The quantitative estimate of drug-likeness (QED) is 0.804. The molecular weight excluding hydrogens is 237 g/mol. The summed E-state index contributed by atoms with van der Waals surface area (Å²) in [6, 6.07) is 13.4. The summed E-state index contributed by atoms with van der Waals surface area (Å²) in [6.07, 6.45) is 0.850. The average Bonchev–Trinajstić information content (AvgIpc) is 2.34. The predicted octanol–water partition coefficient (Wildman–Crippen LogP) is 3.77. The fourth-order valence-corrected chi connectivity index (χ4v) is 2.33.